The van der Waals surface area contributed by atoms with E-state index in [1.165, 1.54) is 17.7 Å². The lowest BCUT2D eigenvalue weighted by molar-refractivity contribution is -0.133. The summed E-state index contributed by atoms with van der Waals surface area (Å²) in [5.41, 5.74) is 5.86. The molecule has 0 bridgehead atoms. The lowest BCUT2D eigenvalue weighted by atomic mass is 10.1. The zero-order valence-electron chi connectivity index (χ0n) is 12.7. The van der Waals surface area contributed by atoms with Crippen LogP contribution < -0.4 is 5.73 Å². The van der Waals surface area contributed by atoms with E-state index in [1.807, 2.05) is 24.9 Å². The first-order chi connectivity index (χ1) is 10.0. The summed E-state index contributed by atoms with van der Waals surface area (Å²) in [5, 5.41) is 0. The van der Waals surface area contributed by atoms with Crippen LogP contribution in [-0.4, -0.2) is 48.4 Å². The lowest BCUT2D eigenvalue weighted by Gasteiger charge is -2.29. The summed E-state index contributed by atoms with van der Waals surface area (Å²) < 4.78 is 1.11. The van der Waals surface area contributed by atoms with Crippen LogP contribution >= 0.6 is 27.3 Å². The number of thiophene rings is 1. The van der Waals surface area contributed by atoms with Crippen molar-refractivity contribution in [2.45, 2.75) is 32.4 Å². The highest BCUT2D eigenvalue weighted by Gasteiger charge is 2.33. The molecule has 1 heterocycles. The van der Waals surface area contributed by atoms with Crippen LogP contribution in [0, 0.1) is 5.92 Å². The molecule has 0 radical (unpaired) electrons. The molecule has 2 N–H and O–H groups in total. The van der Waals surface area contributed by atoms with Gasteiger partial charge in [0.25, 0.3) is 0 Å². The van der Waals surface area contributed by atoms with E-state index in [0.717, 1.165) is 10.3 Å². The molecule has 6 heteroatoms. The first-order valence-electron chi connectivity index (χ1n) is 7.47. The molecule has 4 nitrogen and oxygen atoms in total. The Morgan fingerprint density at radius 3 is 2.71 bits per heavy atom. The molecule has 1 atom stereocenters. The van der Waals surface area contributed by atoms with Gasteiger partial charge in [-0.3, -0.25) is 9.69 Å². The van der Waals surface area contributed by atoms with Gasteiger partial charge in [0.2, 0.25) is 5.91 Å². The minimum Gasteiger partial charge on any atom is -0.337 e. The van der Waals surface area contributed by atoms with Crippen LogP contribution in [0.4, 0.5) is 0 Å². The Labute approximate surface area is 139 Å². The summed E-state index contributed by atoms with van der Waals surface area (Å²) in [4.78, 5) is 17.7. The number of carbonyl (C=O) groups excluding carboxylic acids is 1. The van der Waals surface area contributed by atoms with Crippen molar-refractivity contribution in [1.29, 1.82) is 0 Å². The van der Waals surface area contributed by atoms with E-state index in [-0.39, 0.29) is 5.91 Å². The minimum absolute atomic E-state index is 0.184. The number of likely N-dealkylation sites (N-methyl/N-ethyl adjacent to an activating group) is 2. The van der Waals surface area contributed by atoms with E-state index in [0.29, 0.717) is 31.6 Å². The van der Waals surface area contributed by atoms with Gasteiger partial charge in [-0.1, -0.05) is 0 Å². The molecular weight excluding hydrogens is 350 g/mol. The van der Waals surface area contributed by atoms with Gasteiger partial charge in [-0.15, -0.1) is 11.3 Å². The predicted octanol–water partition coefficient (Wildman–Crippen LogP) is 2.53. The molecule has 21 heavy (non-hydrogen) atoms. The Bertz CT molecular complexity index is 475. The predicted molar refractivity (Wildman–Crippen MR) is 91.3 cm³/mol. The summed E-state index contributed by atoms with van der Waals surface area (Å²) >= 11 is 5.15. The fraction of sp³-hybridized carbons (Fsp3) is 0.667. The Balaban J connectivity index is 1.89. The Morgan fingerprint density at radius 2 is 2.24 bits per heavy atom. The van der Waals surface area contributed by atoms with Crippen molar-refractivity contribution in [3.8, 4) is 0 Å². The van der Waals surface area contributed by atoms with Gasteiger partial charge in [0.1, 0.15) is 0 Å². The fourth-order valence-electron chi connectivity index (χ4n) is 2.65. The second-order valence-corrected chi connectivity index (χ2v) is 8.22. The Morgan fingerprint density at radius 1 is 1.52 bits per heavy atom. The SMILES string of the molecule is CCN(Cc1ccc(Br)s1)C(=O)CN(C)C(CN)C1CC1. The average molecular weight is 374 g/mol. The number of hydrogen-bond donors (Lipinski definition) is 1. The molecule has 1 unspecified atom stereocenters. The van der Waals surface area contributed by atoms with Gasteiger partial charge in [-0.2, -0.15) is 0 Å². The van der Waals surface area contributed by atoms with Crippen LogP contribution in [0.3, 0.4) is 0 Å². The fourth-order valence-corrected chi connectivity index (χ4v) is 4.14. The molecule has 1 aromatic heterocycles. The molecule has 0 aromatic carbocycles. The largest absolute Gasteiger partial charge is 0.337 e. The topological polar surface area (TPSA) is 49.6 Å². The number of rotatable bonds is 8. The van der Waals surface area contributed by atoms with Crippen molar-refractivity contribution in [2.24, 2.45) is 11.7 Å². The third kappa shape index (κ3) is 4.77. The molecule has 0 spiro atoms. The van der Waals surface area contributed by atoms with Crippen LogP contribution in [0.5, 0.6) is 0 Å². The monoisotopic (exact) mass is 373 g/mol. The van der Waals surface area contributed by atoms with Crippen LogP contribution in [-0.2, 0) is 11.3 Å². The van der Waals surface area contributed by atoms with E-state index in [4.69, 9.17) is 5.73 Å². The number of nitrogens with zero attached hydrogens (tertiary/aromatic N) is 2. The first kappa shape index (κ1) is 16.9. The Hall–Kier alpha value is -0.430. The van der Waals surface area contributed by atoms with Gasteiger partial charge in [0, 0.05) is 24.0 Å². The molecule has 1 aliphatic carbocycles. The van der Waals surface area contributed by atoms with E-state index < -0.39 is 0 Å². The molecule has 0 aliphatic heterocycles. The van der Waals surface area contributed by atoms with Crippen LogP contribution in [0.25, 0.3) is 0 Å². The van der Waals surface area contributed by atoms with Gasteiger partial charge in [-0.25, -0.2) is 0 Å². The normalized spacial score (nSPS) is 16.2. The van der Waals surface area contributed by atoms with Gasteiger partial charge in [0.15, 0.2) is 0 Å². The minimum atomic E-state index is 0.184. The number of nitrogens with two attached hydrogens (primary N) is 1. The zero-order chi connectivity index (χ0) is 15.4. The van der Waals surface area contributed by atoms with Crippen molar-refractivity contribution < 1.29 is 4.79 Å². The summed E-state index contributed by atoms with van der Waals surface area (Å²) in [7, 11) is 2.02. The molecule has 2 rings (SSSR count). The lowest BCUT2D eigenvalue weighted by Crippen LogP contribution is -2.46. The van der Waals surface area contributed by atoms with Crippen molar-refractivity contribution in [3.63, 3.8) is 0 Å². The van der Waals surface area contributed by atoms with Crippen LogP contribution in [0.15, 0.2) is 15.9 Å². The number of carbonyl (C=O) groups is 1. The summed E-state index contributed by atoms with van der Waals surface area (Å²) in [6.45, 7) is 4.55. The second kappa shape index (κ2) is 7.72. The van der Waals surface area contributed by atoms with Gasteiger partial charge in [0.05, 0.1) is 16.9 Å². The molecule has 1 saturated carbocycles. The van der Waals surface area contributed by atoms with Crippen molar-refractivity contribution >= 4 is 33.2 Å². The molecule has 118 valence electrons. The number of amides is 1. The molecular formula is C15H24BrN3OS. The standard InChI is InChI=1S/C15H24BrN3OS/c1-3-19(9-12-6-7-14(16)21-12)15(20)10-18(2)13(8-17)11-4-5-11/h6-7,11,13H,3-5,8-10,17H2,1-2H3. The van der Waals surface area contributed by atoms with Crippen LogP contribution in [0.1, 0.15) is 24.6 Å². The Kier molecular flexibility index (Phi) is 6.22. The number of halogens is 1. The third-order valence-corrected chi connectivity index (χ3v) is 5.68. The maximum Gasteiger partial charge on any atom is 0.237 e. The summed E-state index contributed by atoms with van der Waals surface area (Å²) in [5.74, 6) is 0.875. The smallest absolute Gasteiger partial charge is 0.237 e. The van der Waals surface area contributed by atoms with E-state index in [2.05, 4.69) is 26.9 Å². The summed E-state index contributed by atoms with van der Waals surface area (Å²) in [6.07, 6.45) is 2.50. The highest BCUT2D eigenvalue weighted by atomic mass is 79.9. The van der Waals surface area contributed by atoms with Gasteiger partial charge < -0.3 is 10.6 Å². The molecule has 1 fully saturated rings. The third-order valence-electron chi connectivity index (χ3n) is 4.07. The molecule has 1 aromatic rings. The summed E-state index contributed by atoms with van der Waals surface area (Å²) in [6, 6.07) is 4.45. The van der Waals surface area contributed by atoms with E-state index >= 15 is 0 Å². The highest BCUT2D eigenvalue weighted by Crippen LogP contribution is 2.34. The molecule has 0 saturated heterocycles. The molecule has 1 aliphatic rings. The van der Waals surface area contributed by atoms with Gasteiger partial charge >= 0.3 is 0 Å². The second-order valence-electron chi connectivity index (χ2n) is 5.67. The molecule has 1 amide bonds. The van der Waals surface area contributed by atoms with E-state index in [1.54, 1.807) is 11.3 Å². The zero-order valence-corrected chi connectivity index (χ0v) is 15.1. The maximum absolute atomic E-state index is 12.5. The van der Waals surface area contributed by atoms with E-state index in [9.17, 15) is 4.79 Å². The van der Waals surface area contributed by atoms with Gasteiger partial charge in [-0.05, 0) is 60.8 Å². The quantitative estimate of drug-likeness (QED) is 0.761. The highest BCUT2D eigenvalue weighted by molar-refractivity contribution is 9.11. The maximum atomic E-state index is 12.5. The van der Waals surface area contributed by atoms with Crippen molar-refractivity contribution in [2.75, 3.05) is 26.7 Å². The van der Waals surface area contributed by atoms with Crippen molar-refractivity contribution in [1.82, 2.24) is 9.80 Å². The number of hydrogen-bond acceptors (Lipinski definition) is 4. The first-order valence-corrected chi connectivity index (χ1v) is 9.08. The van der Waals surface area contributed by atoms with Crippen molar-refractivity contribution in [3.05, 3.63) is 20.8 Å². The average Bonchev–Trinajstić information content (AvgIpc) is 3.19. The van der Waals surface area contributed by atoms with Crippen LogP contribution in [0.2, 0.25) is 0 Å².